The van der Waals surface area contributed by atoms with Gasteiger partial charge in [-0.05, 0) is 51.8 Å². The van der Waals surface area contributed by atoms with Crippen LogP contribution in [-0.2, 0) is 14.8 Å². The third kappa shape index (κ3) is 5.99. The summed E-state index contributed by atoms with van der Waals surface area (Å²) >= 11 is 3.27. The molecule has 0 aliphatic heterocycles. The lowest BCUT2D eigenvalue weighted by Crippen LogP contribution is -2.40. The molecule has 0 fully saturated rings. The largest absolute Gasteiger partial charge is 0.270 e. The number of halogens is 1. The Balaban J connectivity index is 1.97. The predicted molar refractivity (Wildman–Crippen MR) is 115 cm³/mol. The predicted octanol–water partition coefficient (Wildman–Crippen LogP) is 2.95. The first-order chi connectivity index (χ1) is 13.8. The molecule has 0 heterocycles. The van der Waals surface area contributed by atoms with Gasteiger partial charge < -0.3 is 0 Å². The third-order valence-electron chi connectivity index (χ3n) is 4.07. The van der Waals surface area contributed by atoms with Crippen LogP contribution in [0.2, 0.25) is 0 Å². The molecule has 0 aliphatic rings. The zero-order valence-corrected chi connectivity index (χ0v) is 18.5. The van der Waals surface area contributed by atoms with Gasteiger partial charge in [0.25, 0.3) is 11.8 Å². The van der Waals surface area contributed by atoms with Gasteiger partial charge in [0.1, 0.15) is 0 Å². The second-order valence-corrected chi connectivity index (χ2v) is 8.71. The Labute approximate surface area is 178 Å². The number of benzene rings is 2. The average molecular weight is 480 g/mol. The van der Waals surface area contributed by atoms with Gasteiger partial charge in [-0.15, -0.1) is 0 Å². The molecule has 29 heavy (non-hydrogen) atoms. The second-order valence-electron chi connectivity index (χ2n) is 5.91. The summed E-state index contributed by atoms with van der Waals surface area (Å²) in [4.78, 5) is 24.1. The normalized spacial score (nSPS) is 11.6. The maximum absolute atomic E-state index is 12.5. The summed E-state index contributed by atoms with van der Waals surface area (Å²) in [5.41, 5.74) is 5.66. The van der Waals surface area contributed by atoms with Crippen molar-refractivity contribution in [2.45, 2.75) is 18.7 Å². The first kappa shape index (κ1) is 22.8. The zero-order chi connectivity index (χ0) is 21.4. The van der Waals surface area contributed by atoms with E-state index in [0.29, 0.717) is 28.7 Å². The van der Waals surface area contributed by atoms with Crippen LogP contribution in [0.4, 0.5) is 0 Å². The monoisotopic (exact) mass is 479 g/mol. The highest BCUT2D eigenvalue weighted by molar-refractivity contribution is 9.10. The number of carbonyl (C=O) groups excluding carboxylic acids is 2. The van der Waals surface area contributed by atoms with Gasteiger partial charge in [0.2, 0.25) is 10.0 Å². The minimum atomic E-state index is -3.52. The van der Waals surface area contributed by atoms with Crippen LogP contribution in [0.15, 0.2) is 64.0 Å². The van der Waals surface area contributed by atoms with E-state index < -0.39 is 21.8 Å². The molecular weight excluding hydrogens is 458 g/mol. The van der Waals surface area contributed by atoms with Crippen molar-refractivity contribution in [2.24, 2.45) is 0 Å². The van der Waals surface area contributed by atoms with Gasteiger partial charge in [0.15, 0.2) is 0 Å². The van der Waals surface area contributed by atoms with Crippen LogP contribution in [-0.4, -0.2) is 37.6 Å². The Hall–Kier alpha value is -2.49. The van der Waals surface area contributed by atoms with Gasteiger partial charge >= 0.3 is 0 Å². The Bertz CT molecular complexity index is 1000. The molecule has 0 saturated heterocycles. The van der Waals surface area contributed by atoms with E-state index in [9.17, 15) is 18.0 Å². The number of carbonyl (C=O) groups is 2. The van der Waals surface area contributed by atoms with Gasteiger partial charge in [-0.25, -0.2) is 8.42 Å². The van der Waals surface area contributed by atoms with Gasteiger partial charge in [-0.3, -0.25) is 20.4 Å². The van der Waals surface area contributed by atoms with E-state index in [1.807, 2.05) is 0 Å². The summed E-state index contributed by atoms with van der Waals surface area (Å²) in [7, 11) is -3.52. The van der Waals surface area contributed by atoms with Gasteiger partial charge in [-0.1, -0.05) is 38.1 Å². The second kappa shape index (κ2) is 10.3. The number of amides is 2. The number of nitrogens with zero attached hydrogens (tertiary/aromatic N) is 1. The maximum atomic E-state index is 12.5. The molecule has 2 amide bonds. The molecule has 7 nitrogen and oxygen atoms in total. The van der Waals surface area contributed by atoms with Crippen LogP contribution in [0.3, 0.4) is 0 Å². The topological polar surface area (TPSA) is 95.6 Å². The van der Waals surface area contributed by atoms with Crippen LogP contribution in [0.25, 0.3) is 6.08 Å². The fourth-order valence-corrected chi connectivity index (χ4v) is 4.43. The van der Waals surface area contributed by atoms with Crippen LogP contribution < -0.4 is 10.9 Å². The van der Waals surface area contributed by atoms with Crippen molar-refractivity contribution in [3.63, 3.8) is 0 Å². The highest BCUT2D eigenvalue weighted by Crippen LogP contribution is 2.17. The molecule has 0 spiro atoms. The van der Waals surface area contributed by atoms with Crippen molar-refractivity contribution in [1.82, 2.24) is 15.2 Å². The van der Waals surface area contributed by atoms with Crippen molar-refractivity contribution in [3.8, 4) is 0 Å². The first-order valence-electron chi connectivity index (χ1n) is 8.92. The van der Waals surface area contributed by atoms with E-state index in [1.54, 1.807) is 50.2 Å². The average Bonchev–Trinajstić information content (AvgIpc) is 2.71. The van der Waals surface area contributed by atoms with Gasteiger partial charge in [0.05, 0.1) is 10.5 Å². The lowest BCUT2D eigenvalue weighted by Gasteiger charge is -2.18. The molecule has 0 unspecified atom stereocenters. The Morgan fingerprint density at radius 3 is 2.21 bits per heavy atom. The highest BCUT2D eigenvalue weighted by atomic mass is 79.9. The highest BCUT2D eigenvalue weighted by Gasteiger charge is 2.20. The van der Waals surface area contributed by atoms with Crippen LogP contribution >= 0.6 is 15.9 Å². The van der Waals surface area contributed by atoms with Crippen molar-refractivity contribution in [3.05, 3.63) is 70.2 Å². The molecule has 2 N–H and O–H groups in total. The third-order valence-corrected chi connectivity index (χ3v) is 6.82. The summed E-state index contributed by atoms with van der Waals surface area (Å²) in [6, 6.07) is 13.1. The van der Waals surface area contributed by atoms with Crippen LogP contribution in [0, 0.1) is 0 Å². The lowest BCUT2D eigenvalue weighted by atomic mass is 10.2. The number of hydrazine groups is 1. The minimum Gasteiger partial charge on any atom is -0.268 e. The van der Waals surface area contributed by atoms with E-state index in [2.05, 4.69) is 26.8 Å². The Morgan fingerprint density at radius 2 is 1.62 bits per heavy atom. The molecule has 154 valence electrons. The van der Waals surface area contributed by atoms with Crippen molar-refractivity contribution >= 4 is 43.8 Å². The van der Waals surface area contributed by atoms with E-state index >= 15 is 0 Å². The van der Waals surface area contributed by atoms with Crippen LogP contribution in [0.5, 0.6) is 0 Å². The van der Waals surface area contributed by atoms with Crippen LogP contribution in [0.1, 0.15) is 29.8 Å². The fourth-order valence-electron chi connectivity index (χ4n) is 2.51. The Kier molecular flexibility index (Phi) is 8.12. The fraction of sp³-hybridized carbons (Fsp3) is 0.200. The number of hydrogen-bond donors (Lipinski definition) is 2. The maximum Gasteiger partial charge on any atom is 0.270 e. The molecule has 0 aromatic heterocycles. The molecule has 0 radical (unpaired) electrons. The van der Waals surface area contributed by atoms with E-state index in [4.69, 9.17) is 0 Å². The molecular formula is C20H22BrN3O4S. The molecule has 9 heteroatoms. The number of rotatable bonds is 7. The molecule has 0 saturated carbocycles. The van der Waals surface area contributed by atoms with Crippen molar-refractivity contribution in [2.75, 3.05) is 13.1 Å². The number of hydrogen-bond acceptors (Lipinski definition) is 4. The molecule has 2 aromatic carbocycles. The lowest BCUT2D eigenvalue weighted by molar-refractivity contribution is -0.117. The molecule has 0 aliphatic carbocycles. The first-order valence-corrected chi connectivity index (χ1v) is 11.2. The summed E-state index contributed by atoms with van der Waals surface area (Å²) in [6.07, 6.45) is 2.77. The quantitative estimate of drug-likeness (QED) is 0.471. The SMILES string of the molecule is CCN(CC)S(=O)(=O)c1ccc(/C=C/C(=O)NNC(=O)c2ccccc2Br)cc1. The number of sulfonamides is 1. The standard InChI is InChI=1S/C20H22BrN3O4S/c1-3-24(4-2)29(27,28)16-12-9-15(10-13-16)11-14-19(25)22-23-20(26)17-7-5-6-8-18(17)21/h5-14H,3-4H2,1-2H3,(H,22,25)(H,23,26)/b14-11+. The summed E-state index contributed by atoms with van der Waals surface area (Å²) < 4.78 is 26.9. The van der Waals surface area contributed by atoms with E-state index in [-0.39, 0.29) is 4.90 Å². The summed E-state index contributed by atoms with van der Waals surface area (Å²) in [5.74, 6) is -0.976. The zero-order valence-electron chi connectivity index (χ0n) is 16.1. The summed E-state index contributed by atoms with van der Waals surface area (Å²) in [6.45, 7) is 4.36. The van der Waals surface area contributed by atoms with Crippen molar-refractivity contribution < 1.29 is 18.0 Å². The molecule has 2 rings (SSSR count). The Morgan fingerprint density at radius 1 is 1.00 bits per heavy atom. The van der Waals surface area contributed by atoms with E-state index in [1.165, 1.54) is 28.6 Å². The van der Waals surface area contributed by atoms with Gasteiger partial charge in [0, 0.05) is 23.6 Å². The van der Waals surface area contributed by atoms with Gasteiger partial charge in [-0.2, -0.15) is 4.31 Å². The number of nitrogens with one attached hydrogen (secondary N) is 2. The molecule has 0 bridgehead atoms. The smallest absolute Gasteiger partial charge is 0.268 e. The van der Waals surface area contributed by atoms with Crippen molar-refractivity contribution in [1.29, 1.82) is 0 Å². The molecule has 2 aromatic rings. The minimum absolute atomic E-state index is 0.198. The molecule has 0 atom stereocenters. The van der Waals surface area contributed by atoms with E-state index in [0.717, 1.165) is 0 Å². The summed E-state index contributed by atoms with van der Waals surface area (Å²) in [5, 5.41) is 0.